The number of ether oxygens (including phenoxy) is 2. The molecule has 0 radical (unpaired) electrons. The van der Waals surface area contributed by atoms with E-state index in [1.165, 1.54) is 12.1 Å². The molecule has 5 heteroatoms. The summed E-state index contributed by atoms with van der Waals surface area (Å²) in [6.45, 7) is 6.39. The lowest BCUT2D eigenvalue weighted by Crippen LogP contribution is -2.51. The number of carbonyl (C=O) groups is 1. The molecule has 0 saturated carbocycles. The van der Waals surface area contributed by atoms with E-state index in [1.807, 2.05) is 13.8 Å². The van der Waals surface area contributed by atoms with Gasteiger partial charge in [0.25, 0.3) is 0 Å². The molecular formula is C19H24FNO3. The van der Waals surface area contributed by atoms with E-state index in [0.717, 1.165) is 12.0 Å². The first kappa shape index (κ1) is 18.4. The maximum absolute atomic E-state index is 13.4. The Morgan fingerprint density at radius 3 is 2.62 bits per heavy atom. The van der Waals surface area contributed by atoms with Crippen LogP contribution < -0.4 is 0 Å². The number of rotatable bonds is 5. The highest BCUT2D eigenvalue weighted by atomic mass is 19.1. The van der Waals surface area contributed by atoms with Crippen LogP contribution in [0.3, 0.4) is 0 Å². The molecule has 1 aromatic carbocycles. The molecule has 1 saturated heterocycles. The molecule has 0 spiro atoms. The normalized spacial score (nSPS) is 28.0. The molecule has 130 valence electrons. The molecule has 1 fully saturated rings. The Hall–Kier alpha value is -1.93. The zero-order valence-corrected chi connectivity index (χ0v) is 14.5. The third-order valence-electron chi connectivity index (χ3n) is 5.06. The number of nitriles is 1. The van der Waals surface area contributed by atoms with Crippen molar-refractivity contribution in [1.82, 2.24) is 0 Å². The highest BCUT2D eigenvalue weighted by molar-refractivity contribution is 5.77. The van der Waals surface area contributed by atoms with Gasteiger partial charge in [-0.15, -0.1) is 0 Å². The van der Waals surface area contributed by atoms with E-state index in [2.05, 4.69) is 6.07 Å². The van der Waals surface area contributed by atoms with Crippen molar-refractivity contribution in [1.29, 1.82) is 5.26 Å². The molecule has 0 N–H and O–H groups in total. The van der Waals surface area contributed by atoms with E-state index in [9.17, 15) is 14.4 Å². The number of hydrogen-bond donors (Lipinski definition) is 0. The van der Waals surface area contributed by atoms with E-state index >= 15 is 0 Å². The van der Waals surface area contributed by atoms with Gasteiger partial charge >= 0.3 is 5.97 Å². The van der Waals surface area contributed by atoms with Crippen LogP contribution in [0.25, 0.3) is 0 Å². The Bertz CT molecular complexity index is 624. The van der Waals surface area contributed by atoms with Crippen LogP contribution >= 0.6 is 0 Å². The SMILES string of the molecule is CCOC(=O)[C@H](C#N)[C@]1(c2ccc(F)cc2)CCO[C@](C)(CC)C1. The quantitative estimate of drug-likeness (QED) is 0.770. The lowest BCUT2D eigenvalue weighted by Gasteiger charge is -2.47. The molecule has 1 heterocycles. The second-order valence-corrected chi connectivity index (χ2v) is 6.56. The van der Waals surface area contributed by atoms with Gasteiger partial charge in [-0.2, -0.15) is 5.26 Å². The monoisotopic (exact) mass is 333 g/mol. The summed E-state index contributed by atoms with van der Waals surface area (Å²) in [4.78, 5) is 12.5. The molecule has 1 aliphatic heterocycles. The number of esters is 1. The molecule has 4 nitrogen and oxygen atoms in total. The van der Waals surface area contributed by atoms with Crippen molar-refractivity contribution in [2.24, 2.45) is 5.92 Å². The molecule has 1 aromatic rings. The van der Waals surface area contributed by atoms with E-state index in [0.29, 0.717) is 19.4 Å². The van der Waals surface area contributed by atoms with Crippen molar-refractivity contribution in [3.05, 3.63) is 35.6 Å². The standard InChI is InChI=1S/C19H24FNO3/c1-4-18(3)13-19(10-11-24-18,14-6-8-15(20)9-7-14)16(12-21)17(22)23-5-2/h6-9,16H,4-5,10-11,13H2,1-3H3/t16-,18+,19+/m0/s1. The third-order valence-corrected chi connectivity index (χ3v) is 5.06. The summed E-state index contributed by atoms with van der Waals surface area (Å²) in [6, 6.07) is 8.22. The fourth-order valence-electron chi connectivity index (χ4n) is 3.58. The predicted octanol–water partition coefficient (Wildman–Crippen LogP) is 3.75. The van der Waals surface area contributed by atoms with Gasteiger partial charge in [-0.25, -0.2) is 4.39 Å². The van der Waals surface area contributed by atoms with Crippen molar-refractivity contribution in [3.8, 4) is 6.07 Å². The first-order chi connectivity index (χ1) is 11.4. The third kappa shape index (κ3) is 3.44. The molecule has 2 rings (SSSR count). The number of carbonyl (C=O) groups excluding carboxylic acids is 1. The van der Waals surface area contributed by atoms with Gasteiger partial charge in [-0.1, -0.05) is 19.1 Å². The van der Waals surface area contributed by atoms with Crippen LogP contribution in [0.2, 0.25) is 0 Å². The minimum atomic E-state index is -0.947. The number of benzene rings is 1. The fraction of sp³-hybridized carbons (Fsp3) is 0.579. The van der Waals surface area contributed by atoms with Gasteiger partial charge in [-0.3, -0.25) is 4.79 Å². The van der Waals surface area contributed by atoms with E-state index < -0.39 is 22.9 Å². The van der Waals surface area contributed by atoms with Crippen LogP contribution in [0.5, 0.6) is 0 Å². The van der Waals surface area contributed by atoms with Crippen LogP contribution in [-0.4, -0.2) is 24.8 Å². The highest BCUT2D eigenvalue weighted by Crippen LogP contribution is 2.48. The minimum Gasteiger partial charge on any atom is -0.465 e. The van der Waals surface area contributed by atoms with Gasteiger partial charge < -0.3 is 9.47 Å². The Morgan fingerprint density at radius 2 is 2.08 bits per heavy atom. The summed E-state index contributed by atoms with van der Waals surface area (Å²) < 4.78 is 24.4. The van der Waals surface area contributed by atoms with Gasteiger partial charge in [0.1, 0.15) is 5.82 Å². The molecule has 0 aromatic heterocycles. The van der Waals surface area contributed by atoms with Crippen molar-refractivity contribution in [2.75, 3.05) is 13.2 Å². The zero-order valence-electron chi connectivity index (χ0n) is 14.5. The average Bonchev–Trinajstić information content (AvgIpc) is 2.56. The predicted molar refractivity (Wildman–Crippen MR) is 87.7 cm³/mol. The lowest BCUT2D eigenvalue weighted by molar-refractivity contribution is -0.154. The number of halogens is 1. The fourth-order valence-corrected chi connectivity index (χ4v) is 3.58. The topological polar surface area (TPSA) is 59.3 Å². The van der Waals surface area contributed by atoms with Gasteiger partial charge in [0.15, 0.2) is 5.92 Å². The Balaban J connectivity index is 2.54. The van der Waals surface area contributed by atoms with Crippen LogP contribution in [0.1, 0.15) is 45.6 Å². The summed E-state index contributed by atoms with van der Waals surface area (Å²) in [7, 11) is 0. The number of nitrogens with zero attached hydrogens (tertiary/aromatic N) is 1. The number of hydrogen-bond acceptors (Lipinski definition) is 4. The van der Waals surface area contributed by atoms with Gasteiger partial charge in [0, 0.05) is 12.0 Å². The van der Waals surface area contributed by atoms with Gasteiger partial charge in [-0.05, 0) is 50.8 Å². The molecule has 1 aliphatic rings. The molecule has 24 heavy (non-hydrogen) atoms. The van der Waals surface area contributed by atoms with E-state index in [4.69, 9.17) is 9.47 Å². The summed E-state index contributed by atoms with van der Waals surface area (Å²) in [5.74, 6) is -1.81. The zero-order chi connectivity index (χ0) is 17.8. The first-order valence-corrected chi connectivity index (χ1v) is 8.37. The summed E-state index contributed by atoms with van der Waals surface area (Å²) >= 11 is 0. The summed E-state index contributed by atoms with van der Waals surface area (Å²) in [6.07, 6.45) is 1.79. The Kier molecular flexibility index (Phi) is 5.61. The van der Waals surface area contributed by atoms with Gasteiger partial charge in [0.2, 0.25) is 0 Å². The maximum Gasteiger partial charge on any atom is 0.324 e. The maximum atomic E-state index is 13.4. The van der Waals surface area contributed by atoms with E-state index in [-0.39, 0.29) is 12.4 Å². The second kappa shape index (κ2) is 7.31. The minimum absolute atomic E-state index is 0.220. The molecule has 0 amide bonds. The van der Waals surface area contributed by atoms with Crippen molar-refractivity contribution < 1.29 is 18.7 Å². The van der Waals surface area contributed by atoms with Crippen LogP contribution in [-0.2, 0) is 19.7 Å². The van der Waals surface area contributed by atoms with Crippen LogP contribution in [0.15, 0.2) is 24.3 Å². The molecule has 0 bridgehead atoms. The Labute approximate surface area is 142 Å². The summed E-state index contributed by atoms with van der Waals surface area (Å²) in [5.41, 5.74) is -0.391. The average molecular weight is 333 g/mol. The second-order valence-electron chi connectivity index (χ2n) is 6.56. The van der Waals surface area contributed by atoms with Crippen molar-refractivity contribution in [2.45, 2.75) is 51.0 Å². The van der Waals surface area contributed by atoms with Crippen molar-refractivity contribution >= 4 is 5.97 Å². The molecular weight excluding hydrogens is 309 g/mol. The van der Waals surface area contributed by atoms with Crippen LogP contribution in [0, 0.1) is 23.1 Å². The molecule has 0 aliphatic carbocycles. The van der Waals surface area contributed by atoms with Crippen molar-refractivity contribution in [3.63, 3.8) is 0 Å². The lowest BCUT2D eigenvalue weighted by atomic mass is 9.61. The van der Waals surface area contributed by atoms with Crippen LogP contribution in [0.4, 0.5) is 4.39 Å². The van der Waals surface area contributed by atoms with E-state index in [1.54, 1.807) is 19.1 Å². The molecule has 3 atom stereocenters. The highest BCUT2D eigenvalue weighted by Gasteiger charge is 2.51. The smallest absolute Gasteiger partial charge is 0.324 e. The first-order valence-electron chi connectivity index (χ1n) is 8.37. The summed E-state index contributed by atoms with van der Waals surface area (Å²) in [5, 5.41) is 9.73. The van der Waals surface area contributed by atoms with Gasteiger partial charge in [0.05, 0.1) is 18.3 Å². The molecule has 0 unspecified atom stereocenters. The Morgan fingerprint density at radius 1 is 1.42 bits per heavy atom. The largest absolute Gasteiger partial charge is 0.465 e.